The maximum absolute atomic E-state index is 11.0. The molecule has 1 heterocycles. The van der Waals surface area contributed by atoms with Gasteiger partial charge in [-0.25, -0.2) is 0 Å². The maximum atomic E-state index is 11.0. The predicted octanol–water partition coefficient (Wildman–Crippen LogP) is 1.10. The van der Waals surface area contributed by atoms with E-state index in [-0.39, 0.29) is 6.54 Å². The van der Waals surface area contributed by atoms with Crippen molar-refractivity contribution in [1.82, 2.24) is 4.98 Å². The van der Waals surface area contributed by atoms with Crippen LogP contribution in [-0.4, -0.2) is 17.5 Å². The van der Waals surface area contributed by atoms with Crippen LogP contribution in [0.4, 0.5) is 0 Å². The highest BCUT2D eigenvalue weighted by atomic mass is 16.5. The van der Waals surface area contributed by atoms with Crippen molar-refractivity contribution in [2.75, 3.05) is 6.54 Å². The predicted molar refractivity (Wildman–Crippen MR) is 56.4 cm³/mol. The van der Waals surface area contributed by atoms with E-state index < -0.39 is 5.97 Å². The quantitative estimate of drug-likeness (QED) is 0.585. The zero-order valence-electron chi connectivity index (χ0n) is 8.01. The van der Waals surface area contributed by atoms with Crippen molar-refractivity contribution in [3.8, 4) is 5.75 Å². The van der Waals surface area contributed by atoms with E-state index >= 15 is 0 Å². The van der Waals surface area contributed by atoms with Crippen molar-refractivity contribution >= 4 is 16.9 Å². The molecule has 0 saturated carbocycles. The topological polar surface area (TPSA) is 65.2 Å². The molecule has 15 heavy (non-hydrogen) atoms. The third-order valence-electron chi connectivity index (χ3n) is 1.97. The molecule has 2 rings (SSSR count). The van der Waals surface area contributed by atoms with E-state index in [1.807, 2.05) is 12.1 Å². The molecule has 0 unspecified atom stereocenters. The van der Waals surface area contributed by atoms with Crippen molar-refractivity contribution in [2.24, 2.45) is 5.73 Å². The first kappa shape index (κ1) is 9.61. The van der Waals surface area contributed by atoms with Crippen molar-refractivity contribution in [1.29, 1.82) is 0 Å². The lowest BCUT2D eigenvalue weighted by Gasteiger charge is -2.03. The molecule has 2 aromatic rings. The molecule has 2 N–H and O–H groups in total. The molecule has 0 atom stereocenters. The van der Waals surface area contributed by atoms with Crippen LogP contribution in [-0.2, 0) is 4.79 Å². The van der Waals surface area contributed by atoms with E-state index in [1.54, 1.807) is 24.4 Å². The summed E-state index contributed by atoms with van der Waals surface area (Å²) in [4.78, 5) is 15.1. The number of ether oxygens (including phenoxy) is 1. The summed E-state index contributed by atoms with van der Waals surface area (Å²) >= 11 is 0. The molecular formula is C11H10N2O2. The highest BCUT2D eigenvalue weighted by Gasteiger charge is 2.02. The Morgan fingerprint density at radius 1 is 1.40 bits per heavy atom. The highest BCUT2D eigenvalue weighted by Crippen LogP contribution is 2.18. The number of hydrogen-bond donors (Lipinski definition) is 1. The van der Waals surface area contributed by atoms with Crippen LogP contribution in [0.25, 0.3) is 10.9 Å². The number of fused-ring (bicyclic) bond motifs is 1. The van der Waals surface area contributed by atoms with Gasteiger partial charge in [0.2, 0.25) is 0 Å². The number of benzene rings is 1. The van der Waals surface area contributed by atoms with E-state index in [0.29, 0.717) is 5.75 Å². The van der Waals surface area contributed by atoms with Gasteiger partial charge in [0.05, 0.1) is 12.1 Å². The number of hydrogen-bond acceptors (Lipinski definition) is 4. The summed E-state index contributed by atoms with van der Waals surface area (Å²) in [6.45, 7) is -0.120. The first-order chi connectivity index (χ1) is 7.29. The van der Waals surface area contributed by atoms with Crippen LogP contribution in [0.3, 0.4) is 0 Å². The Labute approximate surface area is 86.7 Å². The van der Waals surface area contributed by atoms with Gasteiger partial charge in [0.15, 0.2) is 0 Å². The molecule has 0 fully saturated rings. The Kier molecular flexibility index (Phi) is 2.60. The molecule has 0 saturated heterocycles. The van der Waals surface area contributed by atoms with Gasteiger partial charge in [0.25, 0.3) is 0 Å². The minimum absolute atomic E-state index is 0.120. The second kappa shape index (κ2) is 4.06. The number of nitrogens with zero attached hydrogens (tertiary/aromatic N) is 1. The van der Waals surface area contributed by atoms with Crippen molar-refractivity contribution < 1.29 is 9.53 Å². The maximum Gasteiger partial charge on any atom is 0.325 e. The molecule has 4 nitrogen and oxygen atoms in total. The van der Waals surface area contributed by atoms with Crippen molar-refractivity contribution in [3.05, 3.63) is 36.5 Å². The number of carbonyl (C=O) groups is 1. The molecule has 1 aromatic heterocycles. The Hall–Kier alpha value is -1.94. The number of nitrogens with two attached hydrogens (primary N) is 1. The number of rotatable bonds is 2. The molecule has 0 aliphatic rings. The zero-order chi connectivity index (χ0) is 10.7. The normalized spacial score (nSPS) is 10.2. The minimum atomic E-state index is -0.446. The standard InChI is InChI=1S/C11H10N2O2/c12-7-11(14)15-9-3-4-10-8(6-9)2-1-5-13-10/h1-6H,7,12H2. The third-order valence-corrected chi connectivity index (χ3v) is 1.97. The van der Waals surface area contributed by atoms with Crippen LogP contribution in [0.2, 0.25) is 0 Å². The van der Waals surface area contributed by atoms with Crippen molar-refractivity contribution in [3.63, 3.8) is 0 Å². The van der Waals surface area contributed by atoms with Crippen LogP contribution in [0, 0.1) is 0 Å². The highest BCUT2D eigenvalue weighted by molar-refractivity contribution is 5.81. The van der Waals surface area contributed by atoms with Gasteiger partial charge in [-0.2, -0.15) is 0 Å². The fourth-order valence-electron chi connectivity index (χ4n) is 1.29. The van der Waals surface area contributed by atoms with Crippen LogP contribution in [0.5, 0.6) is 5.75 Å². The SMILES string of the molecule is NCC(=O)Oc1ccc2ncccc2c1. The molecule has 0 bridgehead atoms. The first-order valence-electron chi connectivity index (χ1n) is 4.55. The first-order valence-corrected chi connectivity index (χ1v) is 4.55. The number of esters is 1. The van der Waals surface area contributed by atoms with Crippen LogP contribution < -0.4 is 10.5 Å². The Morgan fingerprint density at radius 2 is 2.27 bits per heavy atom. The summed E-state index contributed by atoms with van der Waals surface area (Å²) in [5.74, 6) is 0.0455. The largest absolute Gasteiger partial charge is 0.426 e. The minimum Gasteiger partial charge on any atom is -0.426 e. The molecule has 0 radical (unpaired) electrons. The Bertz CT molecular complexity index is 497. The smallest absolute Gasteiger partial charge is 0.325 e. The van der Waals surface area contributed by atoms with E-state index in [1.165, 1.54) is 0 Å². The average molecular weight is 202 g/mol. The molecule has 0 spiro atoms. The summed E-state index contributed by atoms with van der Waals surface area (Å²) < 4.78 is 4.98. The summed E-state index contributed by atoms with van der Waals surface area (Å²) in [6, 6.07) is 8.99. The summed E-state index contributed by atoms with van der Waals surface area (Å²) in [7, 11) is 0. The third kappa shape index (κ3) is 2.11. The lowest BCUT2D eigenvalue weighted by atomic mass is 10.2. The molecular weight excluding hydrogens is 192 g/mol. The molecule has 0 amide bonds. The van der Waals surface area contributed by atoms with Crippen LogP contribution in [0.15, 0.2) is 36.5 Å². The van der Waals surface area contributed by atoms with E-state index in [0.717, 1.165) is 10.9 Å². The number of carbonyl (C=O) groups excluding carboxylic acids is 1. The van der Waals surface area contributed by atoms with Crippen molar-refractivity contribution in [2.45, 2.75) is 0 Å². The molecule has 76 valence electrons. The second-order valence-electron chi connectivity index (χ2n) is 3.04. The number of aromatic nitrogens is 1. The Balaban J connectivity index is 2.34. The monoisotopic (exact) mass is 202 g/mol. The van der Waals surface area contributed by atoms with Gasteiger partial charge in [-0.15, -0.1) is 0 Å². The fourth-order valence-corrected chi connectivity index (χ4v) is 1.29. The van der Waals surface area contributed by atoms with E-state index in [9.17, 15) is 4.79 Å². The summed E-state index contributed by atoms with van der Waals surface area (Å²) in [6.07, 6.45) is 1.72. The lowest BCUT2D eigenvalue weighted by Crippen LogP contribution is -2.19. The van der Waals surface area contributed by atoms with E-state index in [2.05, 4.69) is 4.98 Å². The molecule has 0 aliphatic heterocycles. The lowest BCUT2D eigenvalue weighted by molar-refractivity contribution is -0.132. The Morgan fingerprint density at radius 3 is 3.07 bits per heavy atom. The second-order valence-corrected chi connectivity index (χ2v) is 3.04. The van der Waals surface area contributed by atoms with Gasteiger partial charge in [-0.3, -0.25) is 9.78 Å². The van der Waals surface area contributed by atoms with E-state index in [4.69, 9.17) is 10.5 Å². The van der Waals surface area contributed by atoms with Gasteiger partial charge >= 0.3 is 5.97 Å². The van der Waals surface area contributed by atoms with Crippen LogP contribution in [0.1, 0.15) is 0 Å². The molecule has 4 heteroatoms. The fraction of sp³-hybridized carbons (Fsp3) is 0.0909. The summed E-state index contributed by atoms with van der Waals surface area (Å²) in [5.41, 5.74) is 6.01. The van der Waals surface area contributed by atoms with Gasteiger partial charge < -0.3 is 10.5 Å². The van der Waals surface area contributed by atoms with Gasteiger partial charge in [0, 0.05) is 11.6 Å². The average Bonchev–Trinajstić information content (AvgIpc) is 2.29. The van der Waals surface area contributed by atoms with Gasteiger partial charge in [-0.1, -0.05) is 6.07 Å². The van der Waals surface area contributed by atoms with Gasteiger partial charge in [0.1, 0.15) is 5.75 Å². The van der Waals surface area contributed by atoms with Gasteiger partial charge in [-0.05, 0) is 24.3 Å². The summed E-state index contributed by atoms with van der Waals surface area (Å²) in [5, 5.41) is 0.930. The number of pyridine rings is 1. The van der Waals surface area contributed by atoms with Crippen LogP contribution >= 0.6 is 0 Å². The molecule has 0 aliphatic carbocycles. The zero-order valence-corrected chi connectivity index (χ0v) is 8.01. The molecule has 1 aromatic carbocycles.